The van der Waals surface area contributed by atoms with Gasteiger partial charge in [0.2, 0.25) is 0 Å². The number of aliphatic carboxylic acids is 1. The maximum absolute atomic E-state index is 11.8. The van der Waals surface area contributed by atoms with Crippen LogP contribution in [0.2, 0.25) is 5.15 Å². The largest absolute Gasteiger partial charge is 0.480 e. The van der Waals surface area contributed by atoms with E-state index in [4.69, 9.17) is 11.6 Å². The van der Waals surface area contributed by atoms with Crippen molar-refractivity contribution in [3.8, 4) is 0 Å². The lowest BCUT2D eigenvalue weighted by Crippen LogP contribution is -2.46. The Kier molecular flexibility index (Phi) is 3.44. The Bertz CT molecular complexity index is 539. The van der Waals surface area contributed by atoms with E-state index in [1.165, 1.54) is 0 Å². The van der Waals surface area contributed by atoms with Gasteiger partial charge in [-0.3, -0.25) is 9.69 Å². The molecule has 0 radical (unpaired) electrons. The van der Waals surface area contributed by atoms with Crippen molar-refractivity contribution in [2.75, 3.05) is 13.2 Å². The molecule has 3 rings (SSSR count). The molecule has 2 aliphatic heterocycles. The van der Waals surface area contributed by atoms with Crippen LogP contribution in [0.15, 0.2) is 18.3 Å². The molecule has 0 saturated carbocycles. The molecule has 0 unspecified atom stereocenters. The van der Waals surface area contributed by atoms with E-state index in [-0.39, 0.29) is 18.6 Å². The predicted molar refractivity (Wildman–Crippen MR) is 73.5 cm³/mol. The molecule has 3 heterocycles. The second kappa shape index (κ2) is 4.98. The van der Waals surface area contributed by atoms with Gasteiger partial charge in [0.1, 0.15) is 10.7 Å². The summed E-state index contributed by atoms with van der Waals surface area (Å²) in [4.78, 5) is 17.8. The van der Waals surface area contributed by atoms with E-state index < -0.39 is 11.5 Å². The van der Waals surface area contributed by atoms with Crippen LogP contribution in [0.1, 0.15) is 30.9 Å². The molecule has 1 aromatic rings. The minimum atomic E-state index is -0.850. The Morgan fingerprint density at radius 2 is 2.40 bits per heavy atom. The number of carboxylic acid groups (broad SMARTS) is 1. The molecular formula is C14H17ClN2O3. The normalized spacial score (nSPS) is 33.3. The predicted octanol–water partition coefficient (Wildman–Crippen LogP) is 1.71. The molecule has 5 nitrogen and oxygen atoms in total. The summed E-state index contributed by atoms with van der Waals surface area (Å²) in [7, 11) is 0. The fraction of sp³-hybridized carbons (Fsp3) is 0.571. The zero-order valence-corrected chi connectivity index (χ0v) is 11.8. The maximum Gasteiger partial charge on any atom is 0.324 e. The van der Waals surface area contributed by atoms with E-state index in [0.717, 1.165) is 18.5 Å². The van der Waals surface area contributed by atoms with Gasteiger partial charge in [-0.2, -0.15) is 0 Å². The number of aromatic nitrogens is 1. The molecule has 1 aromatic heterocycles. The van der Waals surface area contributed by atoms with Gasteiger partial charge in [-0.15, -0.1) is 0 Å². The van der Waals surface area contributed by atoms with Crippen molar-refractivity contribution in [1.82, 2.24) is 9.88 Å². The van der Waals surface area contributed by atoms with Crippen LogP contribution in [-0.4, -0.2) is 44.8 Å². The van der Waals surface area contributed by atoms with Gasteiger partial charge in [0.15, 0.2) is 0 Å². The minimum absolute atomic E-state index is 0.0403. The van der Waals surface area contributed by atoms with Crippen molar-refractivity contribution in [2.45, 2.75) is 30.8 Å². The van der Waals surface area contributed by atoms with E-state index in [1.807, 2.05) is 11.0 Å². The number of carbonyl (C=O) groups is 1. The highest BCUT2D eigenvalue weighted by molar-refractivity contribution is 6.30. The summed E-state index contributed by atoms with van der Waals surface area (Å²) in [5, 5.41) is 19.7. The molecule has 2 N–H and O–H groups in total. The standard InChI is InChI=1S/C14H17ClN2O3/c15-12-10(3-1-5-16-12)11-9(8-18)7-14(13(19)20)4-2-6-17(11)14/h1,3,5,9,11,18H,2,4,6-8H2,(H,19,20)/t9-,11-,14-/m1/s1. The fourth-order valence-corrected chi connectivity index (χ4v) is 4.08. The van der Waals surface area contributed by atoms with Crippen LogP contribution in [0.3, 0.4) is 0 Å². The van der Waals surface area contributed by atoms with Crippen LogP contribution in [-0.2, 0) is 4.79 Å². The molecule has 2 fully saturated rings. The highest BCUT2D eigenvalue weighted by atomic mass is 35.5. The van der Waals surface area contributed by atoms with Crippen molar-refractivity contribution in [3.05, 3.63) is 29.0 Å². The van der Waals surface area contributed by atoms with Gasteiger partial charge in [-0.05, 0) is 31.9 Å². The van der Waals surface area contributed by atoms with Crippen LogP contribution in [0.25, 0.3) is 0 Å². The number of hydrogen-bond donors (Lipinski definition) is 2. The third-order valence-electron chi connectivity index (χ3n) is 4.66. The summed E-state index contributed by atoms with van der Waals surface area (Å²) >= 11 is 6.18. The van der Waals surface area contributed by atoms with Gasteiger partial charge in [-0.25, -0.2) is 4.98 Å². The topological polar surface area (TPSA) is 73.7 Å². The summed E-state index contributed by atoms with van der Waals surface area (Å²) in [6.07, 6.45) is 3.57. The molecule has 0 spiro atoms. The number of pyridine rings is 1. The number of halogens is 1. The highest BCUT2D eigenvalue weighted by Gasteiger charge is 2.58. The van der Waals surface area contributed by atoms with E-state index in [2.05, 4.69) is 4.98 Å². The summed E-state index contributed by atoms with van der Waals surface area (Å²) in [5.41, 5.74) is -0.0322. The van der Waals surface area contributed by atoms with Crippen LogP contribution >= 0.6 is 11.6 Å². The van der Waals surface area contributed by atoms with Crippen molar-refractivity contribution in [3.63, 3.8) is 0 Å². The van der Waals surface area contributed by atoms with Gasteiger partial charge in [-0.1, -0.05) is 17.7 Å². The highest BCUT2D eigenvalue weighted by Crippen LogP contribution is 2.52. The molecule has 108 valence electrons. The average Bonchev–Trinajstić information content (AvgIpc) is 2.96. The summed E-state index contributed by atoms with van der Waals surface area (Å²) in [6.45, 7) is 0.681. The first-order chi connectivity index (χ1) is 9.60. The molecule has 0 bridgehead atoms. The van der Waals surface area contributed by atoms with E-state index in [1.54, 1.807) is 12.3 Å². The lowest BCUT2D eigenvalue weighted by molar-refractivity contribution is -0.148. The Morgan fingerprint density at radius 3 is 3.05 bits per heavy atom. The first-order valence-electron chi connectivity index (χ1n) is 6.81. The number of aliphatic hydroxyl groups excluding tert-OH is 1. The van der Waals surface area contributed by atoms with Crippen molar-refractivity contribution >= 4 is 17.6 Å². The first-order valence-corrected chi connectivity index (χ1v) is 7.19. The second-order valence-corrected chi connectivity index (χ2v) is 5.97. The molecule has 20 heavy (non-hydrogen) atoms. The summed E-state index contributed by atoms with van der Waals surface area (Å²) in [6, 6.07) is 3.51. The number of fused-ring (bicyclic) bond motifs is 1. The van der Waals surface area contributed by atoms with Crippen LogP contribution in [0.4, 0.5) is 0 Å². The Hall–Kier alpha value is -1.17. The third kappa shape index (κ3) is 1.84. The molecule has 0 amide bonds. The number of carboxylic acids is 1. The van der Waals surface area contributed by atoms with Crippen LogP contribution < -0.4 is 0 Å². The minimum Gasteiger partial charge on any atom is -0.480 e. The Morgan fingerprint density at radius 1 is 1.60 bits per heavy atom. The SMILES string of the molecule is O=C(O)[C@]12CCCN1[C@@H](c1cccnc1Cl)[C@@H](CO)C2. The third-order valence-corrected chi connectivity index (χ3v) is 4.98. The smallest absolute Gasteiger partial charge is 0.324 e. The molecule has 2 saturated heterocycles. The first kappa shape index (κ1) is 13.8. The quantitative estimate of drug-likeness (QED) is 0.831. The van der Waals surface area contributed by atoms with Crippen molar-refractivity contribution in [2.24, 2.45) is 5.92 Å². The Balaban J connectivity index is 2.06. The second-order valence-electron chi connectivity index (χ2n) is 5.61. The summed E-state index contributed by atoms with van der Waals surface area (Å²) in [5.74, 6) is -0.913. The van der Waals surface area contributed by atoms with E-state index in [9.17, 15) is 15.0 Å². The number of nitrogens with zero attached hydrogens (tertiary/aromatic N) is 2. The van der Waals surface area contributed by atoms with Gasteiger partial charge in [0, 0.05) is 30.3 Å². The van der Waals surface area contributed by atoms with Gasteiger partial charge < -0.3 is 10.2 Å². The number of hydrogen-bond acceptors (Lipinski definition) is 4. The Labute approximate surface area is 122 Å². The number of rotatable bonds is 3. The lowest BCUT2D eigenvalue weighted by atomic mass is 9.88. The van der Waals surface area contributed by atoms with E-state index >= 15 is 0 Å². The monoisotopic (exact) mass is 296 g/mol. The maximum atomic E-state index is 11.8. The molecule has 3 atom stereocenters. The molecular weight excluding hydrogens is 280 g/mol. The zero-order chi connectivity index (χ0) is 14.3. The average molecular weight is 297 g/mol. The van der Waals surface area contributed by atoms with Crippen LogP contribution in [0.5, 0.6) is 0 Å². The molecule has 0 aliphatic carbocycles. The fourth-order valence-electron chi connectivity index (χ4n) is 3.85. The molecule has 0 aromatic carbocycles. The van der Waals surface area contributed by atoms with Gasteiger partial charge >= 0.3 is 5.97 Å². The zero-order valence-electron chi connectivity index (χ0n) is 11.0. The lowest BCUT2D eigenvalue weighted by Gasteiger charge is -2.32. The van der Waals surface area contributed by atoms with E-state index in [0.29, 0.717) is 18.0 Å². The van der Waals surface area contributed by atoms with Crippen LogP contribution in [0, 0.1) is 5.92 Å². The summed E-state index contributed by atoms with van der Waals surface area (Å²) < 4.78 is 0. The van der Waals surface area contributed by atoms with Crippen molar-refractivity contribution < 1.29 is 15.0 Å². The molecule has 6 heteroatoms. The number of aliphatic hydroxyl groups is 1. The van der Waals surface area contributed by atoms with Gasteiger partial charge in [0.25, 0.3) is 0 Å². The molecule has 2 aliphatic rings. The van der Waals surface area contributed by atoms with Gasteiger partial charge in [0.05, 0.1) is 0 Å². The van der Waals surface area contributed by atoms with Crippen molar-refractivity contribution in [1.29, 1.82) is 0 Å².